The van der Waals surface area contributed by atoms with Crippen molar-refractivity contribution in [2.75, 3.05) is 6.61 Å². The summed E-state index contributed by atoms with van der Waals surface area (Å²) in [6.45, 7) is 4.71. The van der Waals surface area contributed by atoms with Crippen LogP contribution in [0.4, 0.5) is 0 Å². The van der Waals surface area contributed by atoms with Gasteiger partial charge in [-0.3, -0.25) is 4.79 Å². The fourth-order valence-corrected chi connectivity index (χ4v) is 3.96. The van der Waals surface area contributed by atoms with Gasteiger partial charge in [0.05, 0.1) is 17.9 Å². The molecule has 9 heteroatoms. The molecule has 4 aromatic rings. The summed E-state index contributed by atoms with van der Waals surface area (Å²) in [6, 6.07) is 16.3. The van der Waals surface area contributed by atoms with E-state index in [2.05, 4.69) is 20.4 Å². The molecule has 1 amide bonds. The van der Waals surface area contributed by atoms with Crippen LogP contribution in [0.5, 0.6) is 17.4 Å². The predicted molar refractivity (Wildman–Crippen MR) is 128 cm³/mol. The zero-order valence-electron chi connectivity index (χ0n) is 18.9. The Morgan fingerprint density at radius 1 is 1.06 bits per heavy atom. The van der Waals surface area contributed by atoms with Gasteiger partial charge in [0.2, 0.25) is 5.88 Å². The van der Waals surface area contributed by atoms with Gasteiger partial charge in [0.25, 0.3) is 5.91 Å². The third kappa shape index (κ3) is 6.35. The average molecular weight is 477 g/mol. The van der Waals surface area contributed by atoms with Crippen LogP contribution >= 0.6 is 11.8 Å². The first-order valence-corrected chi connectivity index (χ1v) is 11.7. The zero-order valence-corrected chi connectivity index (χ0v) is 19.7. The van der Waals surface area contributed by atoms with Crippen LogP contribution in [0.2, 0.25) is 0 Å². The molecule has 1 N–H and O–H groups in total. The van der Waals surface area contributed by atoms with E-state index in [4.69, 9.17) is 14.0 Å². The SMILES string of the molecule is CCOc1ccc(Oc2cc(CNC(=O)c3cccnc3SCc3cc(C)on3)ccn2)cc1. The molecule has 0 aliphatic carbocycles. The fraction of sp³-hybridized carbons (Fsp3) is 0.200. The van der Waals surface area contributed by atoms with Crippen LogP contribution < -0.4 is 14.8 Å². The molecule has 0 unspecified atom stereocenters. The van der Waals surface area contributed by atoms with Crippen molar-refractivity contribution < 1.29 is 18.8 Å². The third-order valence-corrected chi connectivity index (χ3v) is 5.70. The second kappa shape index (κ2) is 11.3. The fourth-order valence-electron chi connectivity index (χ4n) is 3.09. The molecule has 0 aliphatic rings. The summed E-state index contributed by atoms with van der Waals surface area (Å²) in [5.74, 6) is 2.97. The highest BCUT2D eigenvalue weighted by Crippen LogP contribution is 2.25. The first-order chi connectivity index (χ1) is 16.6. The first-order valence-electron chi connectivity index (χ1n) is 10.7. The lowest BCUT2D eigenvalue weighted by Gasteiger charge is -2.10. The molecule has 0 radical (unpaired) electrons. The van der Waals surface area contributed by atoms with Gasteiger partial charge >= 0.3 is 0 Å². The van der Waals surface area contributed by atoms with Crippen molar-refractivity contribution in [1.82, 2.24) is 20.4 Å². The molecule has 34 heavy (non-hydrogen) atoms. The summed E-state index contributed by atoms with van der Waals surface area (Å²) in [6.07, 6.45) is 3.32. The number of carbonyl (C=O) groups excluding carboxylic acids is 1. The summed E-state index contributed by atoms with van der Waals surface area (Å²) < 4.78 is 16.4. The maximum absolute atomic E-state index is 12.9. The van der Waals surface area contributed by atoms with E-state index in [-0.39, 0.29) is 5.91 Å². The number of nitrogens with one attached hydrogen (secondary N) is 1. The van der Waals surface area contributed by atoms with Crippen molar-refractivity contribution in [3.05, 3.63) is 89.6 Å². The molecule has 174 valence electrons. The van der Waals surface area contributed by atoms with Crippen LogP contribution in [-0.4, -0.2) is 27.6 Å². The number of hydrogen-bond acceptors (Lipinski definition) is 8. The minimum absolute atomic E-state index is 0.210. The highest BCUT2D eigenvalue weighted by molar-refractivity contribution is 7.98. The van der Waals surface area contributed by atoms with Crippen LogP contribution in [0.1, 0.15) is 34.3 Å². The van der Waals surface area contributed by atoms with Crippen LogP contribution in [-0.2, 0) is 12.3 Å². The number of rotatable bonds is 10. The molecule has 0 fully saturated rings. The minimum atomic E-state index is -0.210. The van der Waals surface area contributed by atoms with Crippen molar-refractivity contribution in [3.63, 3.8) is 0 Å². The van der Waals surface area contributed by atoms with Crippen LogP contribution in [0.3, 0.4) is 0 Å². The van der Waals surface area contributed by atoms with Crippen LogP contribution in [0.15, 0.2) is 76.5 Å². The van der Waals surface area contributed by atoms with Gasteiger partial charge < -0.3 is 19.3 Å². The van der Waals surface area contributed by atoms with Crippen molar-refractivity contribution in [2.24, 2.45) is 0 Å². The topological polar surface area (TPSA) is 99.4 Å². The summed E-state index contributed by atoms with van der Waals surface area (Å²) in [4.78, 5) is 21.5. The summed E-state index contributed by atoms with van der Waals surface area (Å²) in [5.41, 5.74) is 2.17. The van der Waals surface area contributed by atoms with Crippen molar-refractivity contribution in [2.45, 2.75) is 31.2 Å². The molecule has 0 bridgehead atoms. The quantitative estimate of drug-likeness (QED) is 0.312. The van der Waals surface area contributed by atoms with Crippen LogP contribution in [0, 0.1) is 6.92 Å². The number of ether oxygens (including phenoxy) is 2. The smallest absolute Gasteiger partial charge is 0.254 e. The molecule has 0 atom stereocenters. The molecule has 8 nitrogen and oxygen atoms in total. The Balaban J connectivity index is 1.36. The predicted octanol–water partition coefficient (Wildman–Crippen LogP) is 5.19. The third-order valence-electron chi connectivity index (χ3n) is 4.66. The van der Waals surface area contributed by atoms with Crippen molar-refractivity contribution in [3.8, 4) is 17.4 Å². The van der Waals surface area contributed by atoms with E-state index >= 15 is 0 Å². The highest BCUT2D eigenvalue weighted by atomic mass is 32.2. The number of amides is 1. The van der Waals surface area contributed by atoms with Crippen molar-refractivity contribution in [1.29, 1.82) is 0 Å². The Kier molecular flexibility index (Phi) is 7.77. The highest BCUT2D eigenvalue weighted by Gasteiger charge is 2.14. The van der Waals surface area contributed by atoms with Gasteiger partial charge in [0.1, 0.15) is 22.3 Å². The Morgan fingerprint density at radius 2 is 1.88 bits per heavy atom. The number of hydrogen-bond donors (Lipinski definition) is 1. The monoisotopic (exact) mass is 476 g/mol. The standard InChI is InChI=1S/C25H24N4O4S/c1-3-31-20-6-8-21(9-7-20)32-23-14-18(10-12-26-23)15-28-24(30)22-5-4-11-27-25(22)34-16-19-13-17(2)33-29-19/h4-14H,3,15-16H2,1-2H3,(H,28,30). The van der Waals surface area contributed by atoms with Gasteiger partial charge in [-0.25, -0.2) is 9.97 Å². The Morgan fingerprint density at radius 3 is 2.65 bits per heavy atom. The maximum atomic E-state index is 12.9. The second-order valence-electron chi connectivity index (χ2n) is 7.27. The average Bonchev–Trinajstić information content (AvgIpc) is 3.28. The molecule has 0 saturated carbocycles. The van der Waals surface area contributed by atoms with Gasteiger partial charge in [-0.1, -0.05) is 16.9 Å². The van der Waals surface area contributed by atoms with Crippen molar-refractivity contribution >= 4 is 17.7 Å². The van der Waals surface area contributed by atoms with E-state index < -0.39 is 0 Å². The number of pyridine rings is 2. The normalized spacial score (nSPS) is 10.6. The van der Waals surface area contributed by atoms with E-state index in [0.29, 0.717) is 41.1 Å². The molecule has 0 spiro atoms. The number of carbonyl (C=O) groups is 1. The Hall–Kier alpha value is -3.85. The lowest BCUT2D eigenvalue weighted by atomic mass is 10.2. The van der Waals surface area contributed by atoms with Crippen LogP contribution in [0.25, 0.3) is 0 Å². The number of thioether (sulfide) groups is 1. The lowest BCUT2D eigenvalue weighted by molar-refractivity contribution is 0.0947. The Labute approximate surface area is 201 Å². The Bertz CT molecular complexity index is 1240. The van der Waals surface area contributed by atoms with Gasteiger partial charge in [0.15, 0.2) is 0 Å². The molecule has 3 heterocycles. The van der Waals surface area contributed by atoms with E-state index in [1.807, 2.05) is 50.2 Å². The van der Waals surface area contributed by atoms with Gasteiger partial charge in [-0.2, -0.15) is 0 Å². The van der Waals surface area contributed by atoms with E-state index in [1.165, 1.54) is 11.8 Å². The zero-order chi connectivity index (χ0) is 23.8. The number of aromatic nitrogens is 3. The lowest BCUT2D eigenvalue weighted by Crippen LogP contribution is -2.23. The van der Waals surface area contributed by atoms with Gasteiger partial charge in [0, 0.05) is 36.8 Å². The van der Waals surface area contributed by atoms with E-state index in [0.717, 1.165) is 22.8 Å². The maximum Gasteiger partial charge on any atom is 0.254 e. The van der Waals surface area contributed by atoms with Gasteiger partial charge in [-0.15, -0.1) is 0 Å². The molecule has 3 aromatic heterocycles. The molecular formula is C25H24N4O4S. The molecular weight excluding hydrogens is 452 g/mol. The van der Waals surface area contributed by atoms with Gasteiger partial charge in [-0.05, 0) is 61.9 Å². The molecule has 4 rings (SSSR count). The first kappa shape index (κ1) is 23.3. The largest absolute Gasteiger partial charge is 0.494 e. The second-order valence-corrected chi connectivity index (χ2v) is 8.23. The summed E-state index contributed by atoms with van der Waals surface area (Å²) in [5, 5.41) is 7.56. The van der Waals surface area contributed by atoms with E-state index in [1.54, 1.807) is 30.6 Å². The number of benzene rings is 1. The van der Waals surface area contributed by atoms with E-state index in [9.17, 15) is 4.79 Å². The number of aryl methyl sites for hydroxylation is 1. The molecule has 0 saturated heterocycles. The molecule has 0 aliphatic heterocycles. The number of nitrogens with zero attached hydrogens (tertiary/aromatic N) is 3. The molecule has 1 aromatic carbocycles. The summed E-state index contributed by atoms with van der Waals surface area (Å²) >= 11 is 1.44. The minimum Gasteiger partial charge on any atom is -0.494 e. The summed E-state index contributed by atoms with van der Waals surface area (Å²) in [7, 11) is 0.